The van der Waals surface area contributed by atoms with E-state index in [-0.39, 0.29) is 31.1 Å². The summed E-state index contributed by atoms with van der Waals surface area (Å²) in [5, 5.41) is 0. The van der Waals surface area contributed by atoms with Crippen LogP contribution in [0.2, 0.25) is 0 Å². The Kier molecular flexibility index (Phi) is 47.9. The zero-order chi connectivity index (χ0) is 44.4. The Balaban J connectivity index is 4.38. The molecule has 0 aliphatic carbocycles. The molecule has 0 heterocycles. The van der Waals surface area contributed by atoms with Gasteiger partial charge < -0.3 is 14.2 Å². The Morgan fingerprint density at radius 3 is 1.07 bits per heavy atom. The molecular weight excluding hydrogens is 757 g/mol. The average Bonchev–Trinajstić information content (AvgIpc) is 3.26. The summed E-state index contributed by atoms with van der Waals surface area (Å²) < 4.78 is 16.8. The van der Waals surface area contributed by atoms with Crippen LogP contribution in [0.4, 0.5) is 0 Å². The second kappa shape index (κ2) is 50.0. The third-order valence-electron chi connectivity index (χ3n) is 11.3. The zero-order valence-corrected chi connectivity index (χ0v) is 40.4. The van der Waals surface area contributed by atoms with Gasteiger partial charge in [-0.15, -0.1) is 0 Å². The summed E-state index contributed by atoms with van der Waals surface area (Å²) in [6, 6.07) is 0. The summed E-state index contributed by atoms with van der Waals surface area (Å²) in [6.45, 7) is 6.49. The van der Waals surface area contributed by atoms with E-state index in [1.807, 2.05) is 0 Å². The number of rotatable bonds is 47. The smallest absolute Gasteiger partial charge is 0.306 e. The number of ether oxygens (including phenoxy) is 3. The minimum absolute atomic E-state index is 0.0844. The molecule has 1 atom stereocenters. The third kappa shape index (κ3) is 48.3. The van der Waals surface area contributed by atoms with Gasteiger partial charge in [-0.1, -0.05) is 217 Å². The summed E-state index contributed by atoms with van der Waals surface area (Å²) in [6.07, 6.45) is 59.6. The molecule has 354 valence electrons. The van der Waals surface area contributed by atoms with Crippen LogP contribution in [0.15, 0.2) is 48.6 Å². The summed E-state index contributed by atoms with van der Waals surface area (Å²) in [7, 11) is 0. The molecule has 0 rings (SSSR count). The normalized spacial score (nSPS) is 12.4. The van der Waals surface area contributed by atoms with Gasteiger partial charge in [0.25, 0.3) is 0 Å². The maximum Gasteiger partial charge on any atom is 0.306 e. The first-order valence-electron chi connectivity index (χ1n) is 26.1. The molecular formula is C55H98O6. The summed E-state index contributed by atoms with van der Waals surface area (Å²) in [5.74, 6) is -0.922. The van der Waals surface area contributed by atoms with Crippen LogP contribution < -0.4 is 0 Å². The maximum atomic E-state index is 12.8. The van der Waals surface area contributed by atoms with E-state index in [0.29, 0.717) is 19.3 Å². The molecule has 0 saturated carbocycles. The van der Waals surface area contributed by atoms with Gasteiger partial charge in [0.05, 0.1) is 0 Å². The van der Waals surface area contributed by atoms with Crippen LogP contribution in [0.25, 0.3) is 0 Å². The molecule has 0 radical (unpaired) electrons. The van der Waals surface area contributed by atoms with E-state index in [1.54, 1.807) is 0 Å². The Morgan fingerprint density at radius 2 is 0.639 bits per heavy atom. The summed E-state index contributed by atoms with van der Waals surface area (Å²) in [5.41, 5.74) is 0. The standard InChI is InChI=1S/C55H98O6/c1-4-7-10-13-16-19-22-25-27-29-30-33-36-39-42-45-48-54(57)60-51-52(50-59-53(56)47-44-41-38-35-32-24-21-18-15-12-9-6-3)61-55(58)49-46-43-40-37-34-31-28-26-23-20-17-14-11-8-5-2/h9,12,18,20-21,23,32,35,52H,4-8,10-11,13-17,19,22,24-31,33-34,36-51H2,1-3H3/b12-9-,21-18-,23-20-,35-32-. The maximum absolute atomic E-state index is 12.8. The quantitative estimate of drug-likeness (QED) is 0.0263. The van der Waals surface area contributed by atoms with Gasteiger partial charge in [-0.3, -0.25) is 14.4 Å². The lowest BCUT2D eigenvalue weighted by molar-refractivity contribution is -0.167. The SMILES string of the molecule is CC/C=C\C/C=C\C/C=C\CCCCC(=O)OCC(COC(=O)CCCCCCCCCCCCCCCCCC)OC(=O)CCCCCCCCC/C=C\CCCCCC. The molecule has 0 N–H and O–H groups in total. The molecule has 0 saturated heterocycles. The summed E-state index contributed by atoms with van der Waals surface area (Å²) >= 11 is 0. The second-order valence-electron chi connectivity index (χ2n) is 17.4. The first-order chi connectivity index (χ1) is 30.0. The van der Waals surface area contributed by atoms with Crippen molar-refractivity contribution in [3.63, 3.8) is 0 Å². The second-order valence-corrected chi connectivity index (χ2v) is 17.4. The van der Waals surface area contributed by atoms with E-state index in [2.05, 4.69) is 69.4 Å². The molecule has 0 aliphatic rings. The van der Waals surface area contributed by atoms with Crippen LogP contribution >= 0.6 is 0 Å². The van der Waals surface area contributed by atoms with E-state index in [4.69, 9.17) is 14.2 Å². The van der Waals surface area contributed by atoms with Crippen molar-refractivity contribution in [2.75, 3.05) is 13.2 Å². The van der Waals surface area contributed by atoms with E-state index >= 15 is 0 Å². The predicted molar refractivity (Wildman–Crippen MR) is 261 cm³/mol. The van der Waals surface area contributed by atoms with Crippen LogP contribution in [0.3, 0.4) is 0 Å². The highest BCUT2D eigenvalue weighted by Gasteiger charge is 2.19. The van der Waals surface area contributed by atoms with Gasteiger partial charge in [-0.25, -0.2) is 0 Å². The molecule has 0 aromatic carbocycles. The zero-order valence-electron chi connectivity index (χ0n) is 40.4. The lowest BCUT2D eigenvalue weighted by atomic mass is 10.0. The molecule has 0 aliphatic heterocycles. The Hall–Kier alpha value is -2.63. The highest BCUT2D eigenvalue weighted by Crippen LogP contribution is 2.16. The predicted octanol–water partition coefficient (Wildman–Crippen LogP) is 17.1. The average molecular weight is 855 g/mol. The summed E-state index contributed by atoms with van der Waals surface area (Å²) in [4.78, 5) is 37.9. The van der Waals surface area contributed by atoms with E-state index in [0.717, 1.165) is 77.0 Å². The highest BCUT2D eigenvalue weighted by atomic mass is 16.6. The van der Waals surface area contributed by atoms with Crippen LogP contribution in [-0.2, 0) is 28.6 Å². The molecule has 0 fully saturated rings. The van der Waals surface area contributed by atoms with Gasteiger partial charge >= 0.3 is 17.9 Å². The van der Waals surface area contributed by atoms with Crippen molar-refractivity contribution in [3.8, 4) is 0 Å². The van der Waals surface area contributed by atoms with Gasteiger partial charge in [0.15, 0.2) is 6.10 Å². The first-order valence-corrected chi connectivity index (χ1v) is 26.1. The molecule has 1 unspecified atom stereocenters. The topological polar surface area (TPSA) is 78.9 Å². The monoisotopic (exact) mass is 855 g/mol. The van der Waals surface area contributed by atoms with E-state index in [1.165, 1.54) is 148 Å². The molecule has 0 spiro atoms. The van der Waals surface area contributed by atoms with Crippen molar-refractivity contribution in [2.24, 2.45) is 0 Å². The molecule has 0 bridgehead atoms. The van der Waals surface area contributed by atoms with Crippen molar-refractivity contribution >= 4 is 17.9 Å². The Labute approximate surface area is 378 Å². The molecule has 6 nitrogen and oxygen atoms in total. The molecule has 0 amide bonds. The number of hydrogen-bond acceptors (Lipinski definition) is 6. The fourth-order valence-corrected chi connectivity index (χ4v) is 7.39. The van der Waals surface area contributed by atoms with Crippen molar-refractivity contribution in [3.05, 3.63) is 48.6 Å². The third-order valence-corrected chi connectivity index (χ3v) is 11.3. The number of unbranched alkanes of at least 4 members (excludes halogenated alkanes) is 28. The fourth-order valence-electron chi connectivity index (χ4n) is 7.39. The van der Waals surface area contributed by atoms with Gasteiger partial charge in [0.2, 0.25) is 0 Å². The first kappa shape index (κ1) is 58.4. The Bertz CT molecular complexity index is 1070. The van der Waals surface area contributed by atoms with Crippen molar-refractivity contribution in [1.82, 2.24) is 0 Å². The van der Waals surface area contributed by atoms with Gasteiger partial charge in [-0.2, -0.15) is 0 Å². The minimum atomic E-state index is -0.787. The van der Waals surface area contributed by atoms with Crippen molar-refractivity contribution in [2.45, 2.75) is 271 Å². The van der Waals surface area contributed by atoms with Crippen LogP contribution in [-0.4, -0.2) is 37.2 Å². The number of carbonyl (C=O) groups is 3. The minimum Gasteiger partial charge on any atom is -0.462 e. The van der Waals surface area contributed by atoms with Gasteiger partial charge in [0.1, 0.15) is 13.2 Å². The number of esters is 3. The lowest BCUT2D eigenvalue weighted by Gasteiger charge is -2.18. The molecule has 61 heavy (non-hydrogen) atoms. The van der Waals surface area contributed by atoms with Crippen molar-refractivity contribution < 1.29 is 28.6 Å². The Morgan fingerprint density at radius 1 is 0.344 bits per heavy atom. The highest BCUT2D eigenvalue weighted by molar-refractivity contribution is 5.71. The molecule has 6 heteroatoms. The van der Waals surface area contributed by atoms with Gasteiger partial charge in [-0.05, 0) is 77.0 Å². The largest absolute Gasteiger partial charge is 0.462 e. The van der Waals surface area contributed by atoms with Crippen LogP contribution in [0, 0.1) is 0 Å². The van der Waals surface area contributed by atoms with E-state index < -0.39 is 6.10 Å². The molecule has 0 aromatic rings. The van der Waals surface area contributed by atoms with E-state index in [9.17, 15) is 14.4 Å². The van der Waals surface area contributed by atoms with Gasteiger partial charge in [0, 0.05) is 19.3 Å². The van der Waals surface area contributed by atoms with Crippen molar-refractivity contribution in [1.29, 1.82) is 0 Å². The van der Waals surface area contributed by atoms with Crippen LogP contribution in [0.5, 0.6) is 0 Å². The fraction of sp³-hybridized carbons (Fsp3) is 0.800. The van der Waals surface area contributed by atoms with Crippen LogP contribution in [0.1, 0.15) is 265 Å². The number of carbonyl (C=O) groups excluding carboxylic acids is 3. The molecule has 0 aromatic heterocycles. The number of allylic oxidation sites excluding steroid dienone is 8. The lowest BCUT2D eigenvalue weighted by Crippen LogP contribution is -2.30. The number of hydrogen-bond donors (Lipinski definition) is 0.